The van der Waals surface area contributed by atoms with E-state index in [2.05, 4.69) is 35.3 Å². The van der Waals surface area contributed by atoms with Gasteiger partial charge in [-0.05, 0) is 74.5 Å². The van der Waals surface area contributed by atoms with Crippen LogP contribution in [0.2, 0.25) is 0 Å². The van der Waals surface area contributed by atoms with Crippen molar-refractivity contribution in [2.45, 2.75) is 38.1 Å². The Morgan fingerprint density at radius 3 is 2.48 bits per heavy atom. The molecule has 8 rings (SSSR count). The average Bonchev–Trinajstić information content (AvgIpc) is 3.41. The van der Waals surface area contributed by atoms with Gasteiger partial charge in [-0.15, -0.1) is 0 Å². The van der Waals surface area contributed by atoms with Gasteiger partial charge in [-0.25, -0.2) is 14.2 Å². The van der Waals surface area contributed by atoms with Gasteiger partial charge in [-0.2, -0.15) is 4.98 Å². The van der Waals surface area contributed by atoms with Crippen LogP contribution in [0.5, 0.6) is 0 Å². The lowest BCUT2D eigenvalue weighted by atomic mass is 9.92. The molecular weight excluding hydrogens is 671 g/mol. The van der Waals surface area contributed by atoms with Gasteiger partial charge in [-0.1, -0.05) is 6.07 Å². The van der Waals surface area contributed by atoms with Crippen molar-refractivity contribution in [3.05, 3.63) is 82.1 Å². The van der Waals surface area contributed by atoms with Gasteiger partial charge < -0.3 is 19.5 Å². The third-order valence-electron chi connectivity index (χ3n) is 10.5. The first-order chi connectivity index (χ1) is 25.2. The predicted octanol–water partition coefficient (Wildman–Crippen LogP) is 3.30. The Bertz CT molecular complexity index is 2140. The van der Waals surface area contributed by atoms with Gasteiger partial charge in [0.15, 0.2) is 11.6 Å². The SMILES string of the molecule is O=C1CCC(N2C(=O)c3cccc(N4CCC(CCN5CCN(c6ncc(F)c(Nc7ccc8oc(=O)ccc8c7)n6)CC5)CC4)c3C2=O)C(=O)N1. The highest BCUT2D eigenvalue weighted by Crippen LogP contribution is 2.36. The van der Waals surface area contributed by atoms with Crippen molar-refractivity contribution in [2.75, 3.05) is 60.9 Å². The number of rotatable bonds is 8. The van der Waals surface area contributed by atoms with Crippen LogP contribution in [0.15, 0.2) is 63.9 Å². The Balaban J connectivity index is 0.828. The molecule has 1 atom stereocenters. The number of carbonyl (C=O) groups is 4. The largest absolute Gasteiger partial charge is 0.423 e. The first kappa shape index (κ1) is 33.4. The van der Waals surface area contributed by atoms with Crippen LogP contribution in [0.1, 0.15) is 52.8 Å². The maximum Gasteiger partial charge on any atom is 0.336 e. The number of hydrogen-bond donors (Lipinski definition) is 2. The summed E-state index contributed by atoms with van der Waals surface area (Å²) in [6, 6.07) is 12.4. The summed E-state index contributed by atoms with van der Waals surface area (Å²) in [5.74, 6) is -1.51. The molecule has 6 heterocycles. The van der Waals surface area contributed by atoms with E-state index in [1.165, 1.54) is 12.3 Å². The van der Waals surface area contributed by atoms with Crippen LogP contribution >= 0.6 is 0 Å². The van der Waals surface area contributed by atoms with Crippen LogP contribution in [0.25, 0.3) is 11.0 Å². The molecule has 52 heavy (non-hydrogen) atoms. The fraction of sp³-hybridized carbons (Fsp3) is 0.378. The van der Waals surface area contributed by atoms with E-state index in [9.17, 15) is 28.4 Å². The standard InChI is InChI=1S/C37H37FN8O6/c38-26-21-39-37(42-33(26)40-24-5-7-29-23(20-24)4-9-31(48)52-29)45-18-16-43(17-19-45)13-10-22-11-14-44(15-12-22)27-3-1-2-25-32(27)36(51)46(35(25)50)28-6-8-30(47)41-34(28)49/h1-5,7,9,20-22,28H,6,8,10-19H2,(H,39,40,42)(H,41,47,49). The molecule has 2 aromatic carbocycles. The topological polar surface area (TPSA) is 161 Å². The number of amides is 4. The lowest BCUT2D eigenvalue weighted by molar-refractivity contribution is -0.136. The van der Waals surface area contributed by atoms with Crippen LogP contribution in [0, 0.1) is 11.7 Å². The molecule has 14 nitrogen and oxygen atoms in total. The summed E-state index contributed by atoms with van der Waals surface area (Å²) in [6.07, 6.45) is 4.33. The zero-order valence-electron chi connectivity index (χ0n) is 28.3. The summed E-state index contributed by atoms with van der Waals surface area (Å²) in [7, 11) is 0. The number of benzene rings is 2. The number of anilines is 4. The van der Waals surface area contributed by atoms with E-state index in [1.54, 1.807) is 36.4 Å². The summed E-state index contributed by atoms with van der Waals surface area (Å²) >= 11 is 0. The number of nitrogens with zero attached hydrogens (tertiary/aromatic N) is 6. The molecule has 15 heteroatoms. The molecule has 4 amide bonds. The number of piperazine rings is 1. The molecule has 0 bridgehead atoms. The highest BCUT2D eigenvalue weighted by Gasteiger charge is 2.46. The molecule has 4 aliphatic rings. The van der Waals surface area contributed by atoms with Gasteiger partial charge in [0, 0.05) is 62.8 Å². The maximum absolute atomic E-state index is 14.7. The van der Waals surface area contributed by atoms with Crippen LogP contribution < -0.4 is 26.1 Å². The summed E-state index contributed by atoms with van der Waals surface area (Å²) in [5.41, 5.74) is 1.97. The second kappa shape index (κ2) is 13.8. The van der Waals surface area contributed by atoms with Crippen molar-refractivity contribution in [2.24, 2.45) is 5.92 Å². The minimum atomic E-state index is -0.988. The van der Waals surface area contributed by atoms with Crippen molar-refractivity contribution >= 4 is 57.7 Å². The van der Waals surface area contributed by atoms with Crippen LogP contribution in [-0.4, -0.2) is 95.3 Å². The van der Waals surface area contributed by atoms with Crippen molar-refractivity contribution in [3.63, 3.8) is 0 Å². The molecule has 0 aliphatic carbocycles. The first-order valence-electron chi connectivity index (χ1n) is 17.6. The first-order valence-corrected chi connectivity index (χ1v) is 17.6. The third kappa shape index (κ3) is 6.47. The minimum Gasteiger partial charge on any atom is -0.423 e. The molecule has 0 radical (unpaired) electrons. The highest BCUT2D eigenvalue weighted by atomic mass is 19.1. The molecular formula is C37H37FN8O6. The zero-order chi connectivity index (χ0) is 35.9. The van der Waals surface area contributed by atoms with Crippen LogP contribution in [0.3, 0.4) is 0 Å². The smallest absolute Gasteiger partial charge is 0.336 e. The molecule has 4 aliphatic heterocycles. The Hall–Kier alpha value is -5.70. The van der Waals surface area contributed by atoms with Gasteiger partial charge >= 0.3 is 5.63 Å². The molecule has 3 saturated heterocycles. The van der Waals surface area contributed by atoms with Gasteiger partial charge in [0.25, 0.3) is 11.8 Å². The molecule has 0 spiro atoms. The fourth-order valence-corrected chi connectivity index (χ4v) is 7.64. The molecule has 4 aromatic rings. The number of fused-ring (bicyclic) bond motifs is 2. The quantitative estimate of drug-likeness (QED) is 0.203. The Labute approximate surface area is 297 Å². The number of piperidine rings is 2. The van der Waals surface area contributed by atoms with E-state index in [0.717, 1.165) is 56.9 Å². The number of imide groups is 2. The summed E-state index contributed by atoms with van der Waals surface area (Å²) in [6.45, 7) is 5.53. The number of hydrogen-bond acceptors (Lipinski definition) is 12. The molecule has 1 unspecified atom stereocenters. The van der Waals surface area contributed by atoms with E-state index in [1.807, 2.05) is 6.07 Å². The maximum atomic E-state index is 14.7. The summed E-state index contributed by atoms with van der Waals surface area (Å²) in [5, 5.41) is 5.98. The Kier molecular flexibility index (Phi) is 8.87. The van der Waals surface area contributed by atoms with E-state index < -0.39 is 41.1 Å². The van der Waals surface area contributed by atoms with Crippen molar-refractivity contribution < 1.29 is 28.0 Å². The Morgan fingerprint density at radius 2 is 1.69 bits per heavy atom. The predicted molar refractivity (Wildman–Crippen MR) is 189 cm³/mol. The number of carbonyl (C=O) groups excluding carboxylic acids is 4. The van der Waals surface area contributed by atoms with Crippen molar-refractivity contribution in [1.29, 1.82) is 0 Å². The van der Waals surface area contributed by atoms with Gasteiger partial charge in [0.05, 0.1) is 23.0 Å². The normalized spacial score (nSPS) is 20.1. The lowest BCUT2D eigenvalue weighted by Gasteiger charge is -2.37. The zero-order valence-corrected chi connectivity index (χ0v) is 28.3. The molecule has 268 valence electrons. The summed E-state index contributed by atoms with van der Waals surface area (Å²) < 4.78 is 19.9. The third-order valence-corrected chi connectivity index (χ3v) is 10.5. The second-order valence-electron chi connectivity index (χ2n) is 13.7. The van der Waals surface area contributed by atoms with Gasteiger partial charge in [-0.3, -0.25) is 34.3 Å². The highest BCUT2D eigenvalue weighted by molar-refractivity contribution is 6.25. The minimum absolute atomic E-state index is 0.0681. The summed E-state index contributed by atoms with van der Waals surface area (Å²) in [4.78, 5) is 78.9. The van der Waals surface area contributed by atoms with E-state index in [0.29, 0.717) is 58.4 Å². The van der Waals surface area contributed by atoms with E-state index >= 15 is 0 Å². The molecule has 3 fully saturated rings. The van der Waals surface area contributed by atoms with E-state index in [-0.39, 0.29) is 18.7 Å². The van der Waals surface area contributed by atoms with Crippen molar-refractivity contribution in [3.8, 4) is 0 Å². The molecule has 0 saturated carbocycles. The Morgan fingerprint density at radius 1 is 0.885 bits per heavy atom. The van der Waals surface area contributed by atoms with Crippen molar-refractivity contribution in [1.82, 2.24) is 25.1 Å². The number of aromatic nitrogens is 2. The van der Waals surface area contributed by atoms with Gasteiger partial charge in [0.2, 0.25) is 17.8 Å². The average molecular weight is 709 g/mol. The second-order valence-corrected chi connectivity index (χ2v) is 13.7. The monoisotopic (exact) mass is 708 g/mol. The van der Waals surface area contributed by atoms with Crippen LogP contribution in [0.4, 0.5) is 27.5 Å². The number of nitrogens with one attached hydrogen (secondary N) is 2. The van der Waals surface area contributed by atoms with Gasteiger partial charge in [0.1, 0.15) is 11.6 Å². The lowest BCUT2D eigenvalue weighted by Crippen LogP contribution is -2.54. The number of halogens is 1. The molecule has 2 aromatic heterocycles. The fourth-order valence-electron chi connectivity index (χ4n) is 7.64. The molecule has 2 N–H and O–H groups in total. The van der Waals surface area contributed by atoms with E-state index in [4.69, 9.17) is 4.42 Å². The van der Waals surface area contributed by atoms with Crippen LogP contribution in [-0.2, 0) is 9.59 Å².